The average molecular weight is 471 g/mol. The Morgan fingerprint density at radius 2 is 1.78 bits per heavy atom. The highest BCUT2D eigenvalue weighted by molar-refractivity contribution is 7.92. The Labute approximate surface area is 193 Å². The predicted octanol–water partition coefficient (Wildman–Crippen LogP) is 4.52. The molecule has 3 aromatic rings. The molecule has 6 nitrogen and oxygen atoms in total. The van der Waals surface area contributed by atoms with E-state index in [4.69, 9.17) is 16.3 Å². The fourth-order valence-electron chi connectivity index (χ4n) is 3.85. The number of carbonyl (C=O) groups excluding carboxylic acids is 1. The molecule has 0 atom stereocenters. The second kappa shape index (κ2) is 9.22. The van der Waals surface area contributed by atoms with Crippen LogP contribution in [0.15, 0.2) is 77.7 Å². The smallest absolute Gasteiger partial charge is 0.264 e. The highest BCUT2D eigenvalue weighted by atomic mass is 35.5. The number of benzene rings is 3. The number of aryl methyl sites for hydroxylation is 1. The summed E-state index contributed by atoms with van der Waals surface area (Å²) in [7, 11) is -2.53. The van der Waals surface area contributed by atoms with Crippen molar-refractivity contribution in [3.63, 3.8) is 0 Å². The summed E-state index contributed by atoms with van der Waals surface area (Å²) in [5.41, 5.74) is 2.20. The summed E-state index contributed by atoms with van der Waals surface area (Å²) in [6, 6.07) is 20.4. The monoisotopic (exact) mass is 470 g/mol. The van der Waals surface area contributed by atoms with Gasteiger partial charge in [-0.15, -0.1) is 0 Å². The van der Waals surface area contributed by atoms with Crippen LogP contribution in [0.5, 0.6) is 5.75 Å². The molecule has 4 rings (SSSR count). The van der Waals surface area contributed by atoms with Crippen LogP contribution in [0.1, 0.15) is 12.0 Å². The van der Waals surface area contributed by atoms with Crippen molar-refractivity contribution in [3.8, 4) is 5.75 Å². The van der Waals surface area contributed by atoms with Gasteiger partial charge in [-0.3, -0.25) is 9.10 Å². The van der Waals surface area contributed by atoms with E-state index >= 15 is 0 Å². The molecule has 0 aliphatic carbocycles. The van der Waals surface area contributed by atoms with Crippen LogP contribution in [-0.4, -0.2) is 34.5 Å². The lowest BCUT2D eigenvalue weighted by Crippen LogP contribution is -2.45. The molecule has 3 aromatic carbocycles. The Kier molecular flexibility index (Phi) is 6.39. The van der Waals surface area contributed by atoms with Crippen molar-refractivity contribution in [2.24, 2.45) is 0 Å². The third-order valence-electron chi connectivity index (χ3n) is 5.44. The highest BCUT2D eigenvalue weighted by Gasteiger charge is 2.31. The molecule has 0 fully saturated rings. The number of para-hydroxylation sites is 1. The number of methoxy groups -OCH3 is 1. The molecule has 0 unspecified atom stereocenters. The van der Waals surface area contributed by atoms with E-state index in [1.54, 1.807) is 35.2 Å². The maximum absolute atomic E-state index is 13.5. The largest absolute Gasteiger partial charge is 0.495 e. The van der Waals surface area contributed by atoms with Gasteiger partial charge >= 0.3 is 0 Å². The topological polar surface area (TPSA) is 66.9 Å². The third kappa shape index (κ3) is 4.31. The minimum absolute atomic E-state index is 0.0961. The van der Waals surface area contributed by atoms with E-state index in [9.17, 15) is 13.2 Å². The summed E-state index contributed by atoms with van der Waals surface area (Å²) < 4.78 is 33.4. The molecule has 0 bridgehead atoms. The molecule has 0 saturated heterocycles. The first-order valence-electron chi connectivity index (χ1n) is 10.2. The number of rotatable bonds is 6. The molecular weight excluding hydrogens is 448 g/mol. The molecule has 1 aliphatic rings. The van der Waals surface area contributed by atoms with Crippen molar-refractivity contribution in [3.05, 3.63) is 83.4 Å². The maximum Gasteiger partial charge on any atom is 0.264 e. The number of hydrogen-bond acceptors (Lipinski definition) is 4. The molecule has 8 heteroatoms. The summed E-state index contributed by atoms with van der Waals surface area (Å²) in [6.07, 6.45) is 1.71. The fraction of sp³-hybridized carbons (Fsp3) is 0.208. The Morgan fingerprint density at radius 3 is 2.50 bits per heavy atom. The second-order valence-corrected chi connectivity index (χ2v) is 9.69. The lowest BCUT2D eigenvalue weighted by atomic mass is 10.0. The molecule has 0 radical (unpaired) electrons. The first-order valence-corrected chi connectivity index (χ1v) is 12.0. The average Bonchev–Trinajstić information content (AvgIpc) is 2.82. The zero-order valence-corrected chi connectivity index (χ0v) is 19.1. The number of ether oxygens (including phenoxy) is 1. The Morgan fingerprint density at radius 1 is 1.06 bits per heavy atom. The fourth-order valence-corrected chi connectivity index (χ4v) is 5.53. The molecule has 1 aliphatic heterocycles. The van der Waals surface area contributed by atoms with E-state index in [2.05, 4.69) is 0 Å². The highest BCUT2D eigenvalue weighted by Crippen LogP contribution is 2.33. The summed E-state index contributed by atoms with van der Waals surface area (Å²) >= 11 is 6.28. The molecule has 0 spiro atoms. The first-order chi connectivity index (χ1) is 15.4. The van der Waals surface area contributed by atoms with Gasteiger partial charge in [0.25, 0.3) is 10.0 Å². The van der Waals surface area contributed by atoms with Crippen LogP contribution in [0.2, 0.25) is 5.02 Å². The molecule has 32 heavy (non-hydrogen) atoms. The van der Waals surface area contributed by atoms with Crippen LogP contribution < -0.4 is 13.9 Å². The van der Waals surface area contributed by atoms with Crippen molar-refractivity contribution in [2.75, 3.05) is 29.4 Å². The number of amides is 1. The summed E-state index contributed by atoms with van der Waals surface area (Å²) in [6.45, 7) is 0.187. The normalized spacial score (nSPS) is 13.4. The molecule has 0 N–H and O–H groups in total. The lowest BCUT2D eigenvalue weighted by Gasteiger charge is -2.32. The number of anilines is 2. The summed E-state index contributed by atoms with van der Waals surface area (Å²) in [5.74, 6) is 0.118. The van der Waals surface area contributed by atoms with E-state index in [1.807, 2.05) is 24.3 Å². The van der Waals surface area contributed by atoms with E-state index in [0.717, 1.165) is 28.4 Å². The van der Waals surface area contributed by atoms with E-state index < -0.39 is 10.0 Å². The van der Waals surface area contributed by atoms with Gasteiger partial charge in [-0.25, -0.2) is 8.42 Å². The van der Waals surface area contributed by atoms with Crippen molar-refractivity contribution in [2.45, 2.75) is 17.7 Å². The number of sulfonamides is 1. The van der Waals surface area contributed by atoms with E-state index in [1.165, 1.54) is 25.3 Å². The van der Waals surface area contributed by atoms with Crippen LogP contribution >= 0.6 is 11.6 Å². The van der Waals surface area contributed by atoms with Crippen LogP contribution in [0, 0.1) is 0 Å². The number of carbonyl (C=O) groups is 1. The first kappa shape index (κ1) is 22.2. The quantitative estimate of drug-likeness (QED) is 0.531. The summed E-state index contributed by atoms with van der Waals surface area (Å²) in [5, 5.41) is 0.258. The van der Waals surface area contributed by atoms with Crippen LogP contribution in [-0.2, 0) is 21.2 Å². The Hall–Kier alpha value is -3.03. The van der Waals surface area contributed by atoms with Crippen molar-refractivity contribution in [1.29, 1.82) is 0 Å². The zero-order valence-electron chi connectivity index (χ0n) is 17.6. The molecule has 0 aromatic heterocycles. The number of hydrogen-bond donors (Lipinski definition) is 0. The van der Waals surface area contributed by atoms with Crippen LogP contribution in [0.25, 0.3) is 0 Å². The van der Waals surface area contributed by atoms with Crippen molar-refractivity contribution >= 4 is 38.9 Å². The van der Waals surface area contributed by atoms with Crippen LogP contribution in [0.3, 0.4) is 0 Å². The van der Waals surface area contributed by atoms with Gasteiger partial charge in [0.2, 0.25) is 5.91 Å². The standard InChI is InChI=1S/C24H23ClN2O4S/c1-31-23-14-13-19(16-21(23)25)27(32(29,30)20-10-3-2-4-11-20)17-24(28)26-15-7-9-18-8-5-6-12-22(18)26/h2-6,8,10-14,16H,7,9,15,17H2,1H3. The van der Waals surface area contributed by atoms with Gasteiger partial charge in [0.15, 0.2) is 0 Å². The van der Waals surface area contributed by atoms with E-state index in [-0.39, 0.29) is 22.4 Å². The predicted molar refractivity (Wildman–Crippen MR) is 126 cm³/mol. The second-order valence-electron chi connectivity index (χ2n) is 7.42. The molecule has 1 amide bonds. The number of nitrogens with zero attached hydrogens (tertiary/aromatic N) is 2. The van der Waals surface area contributed by atoms with Gasteiger partial charge in [0.05, 0.1) is 22.7 Å². The number of fused-ring (bicyclic) bond motifs is 1. The SMILES string of the molecule is COc1ccc(N(CC(=O)N2CCCc3ccccc32)S(=O)(=O)c2ccccc2)cc1Cl. The van der Waals surface area contributed by atoms with Gasteiger partial charge in [0.1, 0.15) is 12.3 Å². The minimum Gasteiger partial charge on any atom is -0.495 e. The molecule has 166 valence electrons. The molecule has 0 saturated carbocycles. The minimum atomic E-state index is -4.02. The van der Waals surface area contributed by atoms with Gasteiger partial charge < -0.3 is 9.64 Å². The van der Waals surface area contributed by atoms with Crippen molar-refractivity contribution < 1.29 is 17.9 Å². The Bertz CT molecular complexity index is 1230. The van der Waals surface area contributed by atoms with Crippen molar-refractivity contribution in [1.82, 2.24) is 0 Å². The molecule has 1 heterocycles. The molecular formula is C24H23ClN2O4S. The maximum atomic E-state index is 13.5. The zero-order chi connectivity index (χ0) is 22.7. The Balaban J connectivity index is 1.74. The summed E-state index contributed by atoms with van der Waals surface area (Å²) in [4.78, 5) is 15.2. The van der Waals surface area contributed by atoms with Gasteiger partial charge in [-0.2, -0.15) is 0 Å². The third-order valence-corrected chi connectivity index (χ3v) is 7.53. The van der Waals surface area contributed by atoms with Crippen LogP contribution in [0.4, 0.5) is 11.4 Å². The van der Waals surface area contributed by atoms with Gasteiger partial charge in [-0.1, -0.05) is 48.0 Å². The van der Waals surface area contributed by atoms with Gasteiger partial charge in [0, 0.05) is 12.2 Å². The van der Waals surface area contributed by atoms with Gasteiger partial charge in [-0.05, 0) is 54.8 Å². The number of halogens is 1. The lowest BCUT2D eigenvalue weighted by molar-refractivity contribution is -0.117. The van der Waals surface area contributed by atoms with E-state index in [0.29, 0.717) is 18.0 Å².